The lowest BCUT2D eigenvalue weighted by Gasteiger charge is -2.41. The first kappa shape index (κ1) is 13.2. The van der Waals surface area contributed by atoms with E-state index < -0.39 is 5.79 Å². The summed E-state index contributed by atoms with van der Waals surface area (Å²) in [5, 5.41) is 23.2. The summed E-state index contributed by atoms with van der Waals surface area (Å²) < 4.78 is 5.45. The van der Waals surface area contributed by atoms with Gasteiger partial charge in [0.05, 0.1) is 18.7 Å². The Morgan fingerprint density at radius 3 is 2.82 bits per heavy atom. The highest BCUT2D eigenvalue weighted by Gasteiger charge is 2.49. The Morgan fingerprint density at radius 1 is 1.41 bits per heavy atom. The standard InChI is InChI=1S/C12H24N2O3/c1-17-12(16,10-4-2-6-13-10)11-5-3-7-14(11)8-9-15/h10-11,13,15-16H,2-9H2,1H3. The molecule has 17 heavy (non-hydrogen) atoms. The molecule has 2 heterocycles. The molecule has 0 aromatic rings. The Bertz CT molecular complexity index is 246. The summed E-state index contributed by atoms with van der Waals surface area (Å²) >= 11 is 0. The molecule has 0 bridgehead atoms. The first-order valence-electron chi connectivity index (χ1n) is 6.58. The predicted molar refractivity (Wildman–Crippen MR) is 64.7 cm³/mol. The second-order valence-electron chi connectivity index (χ2n) is 5.02. The number of β-amino-alcohol motifs (C(OH)–C–C–N with tert-alkyl or cyclic N) is 1. The maximum atomic E-state index is 10.8. The average Bonchev–Trinajstić information content (AvgIpc) is 2.99. The molecule has 2 saturated heterocycles. The van der Waals surface area contributed by atoms with Gasteiger partial charge in [0.2, 0.25) is 0 Å². The Hall–Kier alpha value is -0.200. The lowest BCUT2D eigenvalue weighted by Crippen LogP contribution is -2.61. The molecule has 0 amide bonds. The maximum Gasteiger partial charge on any atom is 0.196 e. The van der Waals surface area contributed by atoms with Gasteiger partial charge < -0.3 is 20.3 Å². The highest BCUT2D eigenvalue weighted by atomic mass is 16.6. The van der Waals surface area contributed by atoms with Gasteiger partial charge in [-0.15, -0.1) is 0 Å². The smallest absolute Gasteiger partial charge is 0.196 e. The third-order valence-corrected chi connectivity index (χ3v) is 4.11. The summed E-state index contributed by atoms with van der Waals surface area (Å²) in [5.74, 6) is -1.12. The van der Waals surface area contributed by atoms with Gasteiger partial charge in [-0.25, -0.2) is 0 Å². The van der Waals surface area contributed by atoms with Crippen molar-refractivity contribution in [3.8, 4) is 0 Å². The predicted octanol–water partition coefficient (Wildman–Crippen LogP) is -0.470. The zero-order valence-corrected chi connectivity index (χ0v) is 10.6. The van der Waals surface area contributed by atoms with Gasteiger partial charge in [0.15, 0.2) is 5.79 Å². The van der Waals surface area contributed by atoms with Gasteiger partial charge in [0.1, 0.15) is 0 Å². The van der Waals surface area contributed by atoms with E-state index in [2.05, 4.69) is 10.2 Å². The minimum absolute atomic E-state index is 0.00440. The molecular weight excluding hydrogens is 220 g/mol. The highest BCUT2D eigenvalue weighted by Crippen LogP contribution is 2.32. The van der Waals surface area contributed by atoms with Crippen LogP contribution < -0.4 is 5.32 Å². The third-order valence-electron chi connectivity index (χ3n) is 4.11. The number of hydrogen-bond donors (Lipinski definition) is 3. The van der Waals surface area contributed by atoms with E-state index in [1.807, 2.05) is 0 Å². The fraction of sp³-hybridized carbons (Fsp3) is 1.00. The van der Waals surface area contributed by atoms with Gasteiger partial charge in [-0.1, -0.05) is 0 Å². The molecule has 0 aliphatic carbocycles. The van der Waals surface area contributed by atoms with Crippen molar-refractivity contribution in [3.05, 3.63) is 0 Å². The number of methoxy groups -OCH3 is 1. The van der Waals surface area contributed by atoms with Gasteiger partial charge in [-0.3, -0.25) is 4.90 Å². The Labute approximate surface area is 103 Å². The molecule has 100 valence electrons. The molecule has 2 aliphatic heterocycles. The van der Waals surface area contributed by atoms with Crippen molar-refractivity contribution in [1.82, 2.24) is 10.2 Å². The van der Waals surface area contributed by atoms with Crippen molar-refractivity contribution < 1.29 is 14.9 Å². The number of ether oxygens (including phenoxy) is 1. The van der Waals surface area contributed by atoms with Gasteiger partial charge in [0.25, 0.3) is 0 Å². The van der Waals surface area contributed by atoms with Crippen LogP contribution in [0.15, 0.2) is 0 Å². The Balaban J connectivity index is 2.09. The molecule has 0 saturated carbocycles. The number of aliphatic hydroxyl groups is 2. The van der Waals surface area contributed by atoms with Gasteiger partial charge in [0, 0.05) is 13.7 Å². The van der Waals surface area contributed by atoms with Crippen molar-refractivity contribution >= 4 is 0 Å². The quantitative estimate of drug-likeness (QED) is 0.571. The minimum atomic E-state index is -1.12. The van der Waals surface area contributed by atoms with Crippen LogP contribution in [0.4, 0.5) is 0 Å². The van der Waals surface area contributed by atoms with E-state index >= 15 is 0 Å². The number of likely N-dealkylation sites (tertiary alicyclic amines) is 1. The molecule has 0 spiro atoms. The van der Waals surface area contributed by atoms with Crippen LogP contribution >= 0.6 is 0 Å². The molecule has 5 nitrogen and oxygen atoms in total. The first-order chi connectivity index (χ1) is 8.22. The van der Waals surface area contributed by atoms with E-state index in [1.54, 1.807) is 7.11 Å². The normalized spacial score (nSPS) is 34.1. The van der Waals surface area contributed by atoms with Crippen LogP contribution in [-0.4, -0.2) is 66.3 Å². The zero-order chi connectivity index (χ0) is 12.3. The molecule has 0 aromatic carbocycles. The van der Waals surface area contributed by atoms with E-state index in [0.29, 0.717) is 6.54 Å². The van der Waals surface area contributed by atoms with Crippen LogP contribution in [0.5, 0.6) is 0 Å². The second-order valence-corrected chi connectivity index (χ2v) is 5.02. The fourth-order valence-corrected chi connectivity index (χ4v) is 3.24. The van der Waals surface area contributed by atoms with E-state index in [1.165, 1.54) is 0 Å². The van der Waals surface area contributed by atoms with Crippen LogP contribution in [-0.2, 0) is 4.74 Å². The topological polar surface area (TPSA) is 65.0 Å². The largest absolute Gasteiger partial charge is 0.395 e. The SMILES string of the molecule is COC(O)(C1CCCN1)C1CCCN1CCO. The van der Waals surface area contributed by atoms with Crippen molar-refractivity contribution in [2.75, 3.05) is 33.4 Å². The number of rotatable bonds is 5. The van der Waals surface area contributed by atoms with E-state index in [9.17, 15) is 5.11 Å². The lowest BCUT2D eigenvalue weighted by molar-refractivity contribution is -0.237. The van der Waals surface area contributed by atoms with E-state index in [-0.39, 0.29) is 18.7 Å². The van der Waals surface area contributed by atoms with E-state index in [4.69, 9.17) is 9.84 Å². The fourth-order valence-electron chi connectivity index (χ4n) is 3.24. The summed E-state index contributed by atoms with van der Waals surface area (Å²) in [6.45, 7) is 2.63. The maximum absolute atomic E-state index is 10.8. The molecule has 5 heteroatoms. The van der Waals surface area contributed by atoms with Gasteiger partial charge >= 0.3 is 0 Å². The summed E-state index contributed by atoms with van der Waals surface area (Å²) in [5.41, 5.74) is 0. The third kappa shape index (κ3) is 2.48. The molecule has 3 N–H and O–H groups in total. The van der Waals surface area contributed by atoms with Crippen molar-refractivity contribution in [3.63, 3.8) is 0 Å². The summed E-state index contributed by atoms with van der Waals surface area (Å²) in [4.78, 5) is 2.14. The zero-order valence-electron chi connectivity index (χ0n) is 10.6. The van der Waals surface area contributed by atoms with Crippen LogP contribution in [0.1, 0.15) is 25.7 Å². The van der Waals surface area contributed by atoms with Crippen molar-refractivity contribution in [2.24, 2.45) is 0 Å². The Morgan fingerprint density at radius 2 is 2.24 bits per heavy atom. The van der Waals surface area contributed by atoms with Crippen LogP contribution in [0, 0.1) is 0 Å². The summed E-state index contributed by atoms with van der Waals surface area (Å²) in [6.07, 6.45) is 4.03. The molecule has 2 fully saturated rings. The molecule has 2 aliphatic rings. The number of nitrogens with zero attached hydrogens (tertiary/aromatic N) is 1. The van der Waals surface area contributed by atoms with Crippen LogP contribution in [0.2, 0.25) is 0 Å². The molecule has 2 rings (SSSR count). The molecule has 0 aromatic heterocycles. The Kier molecular flexibility index (Phi) is 4.38. The number of hydrogen-bond acceptors (Lipinski definition) is 5. The lowest BCUT2D eigenvalue weighted by atomic mass is 9.95. The monoisotopic (exact) mass is 244 g/mol. The van der Waals surface area contributed by atoms with Crippen molar-refractivity contribution in [2.45, 2.75) is 43.6 Å². The van der Waals surface area contributed by atoms with Crippen LogP contribution in [0.3, 0.4) is 0 Å². The van der Waals surface area contributed by atoms with Crippen LogP contribution in [0.25, 0.3) is 0 Å². The number of aliphatic hydroxyl groups excluding tert-OH is 1. The summed E-state index contributed by atoms with van der Waals surface area (Å²) in [7, 11) is 1.58. The first-order valence-corrected chi connectivity index (χ1v) is 6.58. The molecule has 0 radical (unpaired) electrons. The molecule has 3 atom stereocenters. The molecular formula is C12H24N2O3. The van der Waals surface area contributed by atoms with E-state index in [0.717, 1.165) is 38.8 Å². The minimum Gasteiger partial charge on any atom is -0.395 e. The average molecular weight is 244 g/mol. The summed E-state index contributed by atoms with van der Waals surface area (Å²) in [6, 6.07) is 0.00652. The van der Waals surface area contributed by atoms with Gasteiger partial charge in [-0.05, 0) is 38.8 Å². The second kappa shape index (κ2) is 5.63. The highest BCUT2D eigenvalue weighted by molar-refractivity contribution is 4.99. The van der Waals surface area contributed by atoms with Crippen molar-refractivity contribution in [1.29, 1.82) is 0 Å². The molecule has 3 unspecified atom stereocenters. The number of nitrogens with one attached hydrogen (secondary N) is 1. The van der Waals surface area contributed by atoms with Gasteiger partial charge in [-0.2, -0.15) is 0 Å².